The van der Waals surface area contributed by atoms with Crippen LogP contribution in [0.4, 0.5) is 13.2 Å². The van der Waals surface area contributed by atoms with E-state index < -0.39 is 17.5 Å². The summed E-state index contributed by atoms with van der Waals surface area (Å²) in [6.07, 6.45) is 1.67. The zero-order valence-electron chi connectivity index (χ0n) is 17.4. The second-order valence-corrected chi connectivity index (χ2v) is 7.38. The number of benzene rings is 2. The van der Waals surface area contributed by atoms with Crippen molar-refractivity contribution in [1.29, 1.82) is 0 Å². The fourth-order valence-electron chi connectivity index (χ4n) is 3.33. The van der Waals surface area contributed by atoms with Crippen LogP contribution in [0.2, 0.25) is 0 Å². The SMILES string of the molecule is Cc1cc(C)n(-c2ccc(CNC(=O)c3ccc(-c4cc(F)c(F)c(F)c4)cc3)cn2)n1. The van der Waals surface area contributed by atoms with Gasteiger partial charge in [0.05, 0.1) is 5.69 Å². The molecule has 0 aliphatic heterocycles. The maximum atomic E-state index is 13.4. The van der Waals surface area contributed by atoms with Crippen molar-refractivity contribution in [3.05, 3.63) is 101 Å². The van der Waals surface area contributed by atoms with E-state index in [-0.39, 0.29) is 18.0 Å². The number of pyridine rings is 1. The van der Waals surface area contributed by atoms with Crippen molar-refractivity contribution in [3.8, 4) is 16.9 Å². The highest BCUT2D eigenvalue weighted by Crippen LogP contribution is 2.24. The van der Waals surface area contributed by atoms with Crippen LogP contribution in [0.15, 0.2) is 60.8 Å². The maximum Gasteiger partial charge on any atom is 0.251 e. The lowest BCUT2D eigenvalue weighted by Crippen LogP contribution is -2.22. The van der Waals surface area contributed by atoms with Gasteiger partial charge < -0.3 is 5.32 Å². The Bertz CT molecular complexity index is 1260. The summed E-state index contributed by atoms with van der Waals surface area (Å²) >= 11 is 0. The number of carbonyl (C=O) groups excluding carboxylic acids is 1. The molecule has 0 radical (unpaired) electrons. The van der Waals surface area contributed by atoms with Crippen LogP contribution in [-0.2, 0) is 6.54 Å². The Morgan fingerprint density at radius 3 is 2.19 bits per heavy atom. The van der Waals surface area contributed by atoms with Gasteiger partial charge in [0.1, 0.15) is 0 Å². The van der Waals surface area contributed by atoms with Crippen molar-refractivity contribution < 1.29 is 18.0 Å². The second-order valence-electron chi connectivity index (χ2n) is 7.38. The number of halogens is 3. The van der Waals surface area contributed by atoms with Gasteiger partial charge in [-0.05, 0) is 66.9 Å². The average Bonchev–Trinajstić information content (AvgIpc) is 3.13. The molecule has 1 N–H and O–H groups in total. The molecule has 0 aliphatic rings. The lowest BCUT2D eigenvalue weighted by molar-refractivity contribution is 0.0951. The number of amides is 1. The highest BCUT2D eigenvalue weighted by molar-refractivity contribution is 5.94. The fraction of sp³-hybridized carbons (Fsp3) is 0.125. The summed E-state index contributed by atoms with van der Waals surface area (Å²) in [7, 11) is 0. The molecule has 0 spiro atoms. The Balaban J connectivity index is 1.40. The maximum absolute atomic E-state index is 13.4. The van der Waals surface area contributed by atoms with Gasteiger partial charge in [-0.25, -0.2) is 22.8 Å². The zero-order valence-corrected chi connectivity index (χ0v) is 17.4. The number of carbonyl (C=O) groups is 1. The third-order valence-corrected chi connectivity index (χ3v) is 4.95. The van der Waals surface area contributed by atoms with Crippen LogP contribution in [0.3, 0.4) is 0 Å². The van der Waals surface area contributed by atoms with E-state index in [1.54, 1.807) is 23.0 Å². The summed E-state index contributed by atoms with van der Waals surface area (Å²) in [4.78, 5) is 16.8. The molecule has 0 saturated heterocycles. The number of aromatic nitrogens is 3. The monoisotopic (exact) mass is 436 g/mol. The number of hydrogen-bond acceptors (Lipinski definition) is 3. The zero-order chi connectivity index (χ0) is 22.8. The van der Waals surface area contributed by atoms with E-state index in [4.69, 9.17) is 0 Å². The lowest BCUT2D eigenvalue weighted by atomic mass is 10.0. The van der Waals surface area contributed by atoms with Gasteiger partial charge in [-0.15, -0.1) is 0 Å². The second kappa shape index (κ2) is 8.66. The Hall–Kier alpha value is -3.94. The molecule has 0 saturated carbocycles. The van der Waals surface area contributed by atoms with Crippen LogP contribution in [0.5, 0.6) is 0 Å². The van der Waals surface area contributed by atoms with E-state index in [9.17, 15) is 18.0 Å². The first-order valence-corrected chi connectivity index (χ1v) is 9.83. The van der Waals surface area contributed by atoms with Gasteiger partial charge >= 0.3 is 0 Å². The number of nitrogens with zero attached hydrogens (tertiary/aromatic N) is 3. The molecule has 0 atom stereocenters. The molecule has 0 fully saturated rings. The van der Waals surface area contributed by atoms with Crippen molar-refractivity contribution in [2.45, 2.75) is 20.4 Å². The van der Waals surface area contributed by atoms with Gasteiger partial charge in [0.2, 0.25) is 0 Å². The average molecular weight is 436 g/mol. The topological polar surface area (TPSA) is 59.8 Å². The quantitative estimate of drug-likeness (QED) is 0.453. The van der Waals surface area contributed by atoms with Gasteiger partial charge in [-0.1, -0.05) is 18.2 Å². The molecule has 1 amide bonds. The van der Waals surface area contributed by atoms with Crippen molar-refractivity contribution >= 4 is 5.91 Å². The van der Waals surface area contributed by atoms with Crippen LogP contribution in [0.25, 0.3) is 16.9 Å². The molecule has 2 aromatic heterocycles. The van der Waals surface area contributed by atoms with Crippen LogP contribution < -0.4 is 5.32 Å². The molecule has 4 aromatic rings. The number of hydrogen-bond donors (Lipinski definition) is 1. The molecule has 4 rings (SSSR count). The lowest BCUT2D eigenvalue weighted by Gasteiger charge is -2.08. The molecular weight excluding hydrogens is 417 g/mol. The normalized spacial score (nSPS) is 10.9. The summed E-state index contributed by atoms with van der Waals surface area (Å²) in [5.41, 5.74) is 3.72. The Morgan fingerprint density at radius 1 is 0.938 bits per heavy atom. The minimum atomic E-state index is -1.51. The van der Waals surface area contributed by atoms with Crippen LogP contribution >= 0.6 is 0 Å². The standard InChI is InChI=1S/C24H19F3N4O/c1-14-9-15(2)31(30-14)22-8-3-16(12-28-22)13-29-24(32)18-6-4-17(5-7-18)19-10-20(25)23(27)21(26)11-19/h3-12H,13H2,1-2H3,(H,29,32). The minimum absolute atomic E-state index is 0.183. The molecule has 0 bridgehead atoms. The van der Waals surface area contributed by atoms with Crippen molar-refractivity contribution in [2.75, 3.05) is 0 Å². The van der Waals surface area contributed by atoms with Gasteiger partial charge in [0.25, 0.3) is 5.91 Å². The molecule has 8 heteroatoms. The Labute approximate surface area is 182 Å². The highest BCUT2D eigenvalue weighted by atomic mass is 19.2. The highest BCUT2D eigenvalue weighted by Gasteiger charge is 2.12. The summed E-state index contributed by atoms with van der Waals surface area (Å²) < 4.78 is 41.8. The molecular formula is C24H19F3N4O. The van der Waals surface area contributed by atoms with Gasteiger partial charge in [-0.2, -0.15) is 5.10 Å². The van der Waals surface area contributed by atoms with E-state index in [2.05, 4.69) is 15.4 Å². The Morgan fingerprint density at radius 2 is 1.62 bits per heavy atom. The predicted molar refractivity (Wildman–Crippen MR) is 114 cm³/mol. The summed E-state index contributed by atoms with van der Waals surface area (Å²) in [5, 5.41) is 7.20. The first-order chi connectivity index (χ1) is 15.3. The van der Waals surface area contributed by atoms with E-state index in [1.165, 1.54) is 12.1 Å². The largest absolute Gasteiger partial charge is 0.348 e. The van der Waals surface area contributed by atoms with Gasteiger partial charge in [-0.3, -0.25) is 4.79 Å². The first kappa shape index (κ1) is 21.3. The van der Waals surface area contributed by atoms with Crippen LogP contribution in [0, 0.1) is 31.3 Å². The first-order valence-electron chi connectivity index (χ1n) is 9.83. The molecule has 5 nitrogen and oxygen atoms in total. The summed E-state index contributed by atoms with van der Waals surface area (Å²) in [6, 6.07) is 13.6. The van der Waals surface area contributed by atoms with E-state index >= 15 is 0 Å². The van der Waals surface area contributed by atoms with Crippen molar-refractivity contribution in [2.24, 2.45) is 0 Å². The summed E-state index contributed by atoms with van der Waals surface area (Å²) in [6.45, 7) is 4.14. The van der Waals surface area contributed by atoms with Crippen molar-refractivity contribution in [3.63, 3.8) is 0 Å². The van der Waals surface area contributed by atoms with E-state index in [0.717, 1.165) is 29.1 Å². The predicted octanol–water partition coefficient (Wildman–Crippen LogP) is 4.90. The molecule has 2 heterocycles. The smallest absolute Gasteiger partial charge is 0.251 e. The van der Waals surface area contributed by atoms with Crippen molar-refractivity contribution in [1.82, 2.24) is 20.1 Å². The molecule has 162 valence electrons. The van der Waals surface area contributed by atoms with Crippen LogP contribution in [0.1, 0.15) is 27.3 Å². The van der Waals surface area contributed by atoms with Gasteiger partial charge in [0.15, 0.2) is 23.3 Å². The van der Waals surface area contributed by atoms with E-state index in [0.29, 0.717) is 16.9 Å². The number of aryl methyl sites for hydroxylation is 2. The third kappa shape index (κ3) is 4.39. The fourth-order valence-corrected chi connectivity index (χ4v) is 3.33. The van der Waals surface area contributed by atoms with E-state index in [1.807, 2.05) is 32.0 Å². The molecule has 32 heavy (non-hydrogen) atoms. The van der Waals surface area contributed by atoms with Gasteiger partial charge in [0, 0.05) is 24.0 Å². The molecule has 0 aliphatic carbocycles. The minimum Gasteiger partial charge on any atom is -0.348 e. The third-order valence-electron chi connectivity index (χ3n) is 4.95. The number of nitrogens with one attached hydrogen (secondary N) is 1. The summed E-state index contributed by atoms with van der Waals surface area (Å²) in [5.74, 6) is -3.66. The van der Waals surface area contributed by atoms with Crippen LogP contribution in [-0.4, -0.2) is 20.7 Å². The molecule has 0 unspecified atom stereocenters. The number of rotatable bonds is 5. The molecule has 2 aromatic carbocycles. The Kier molecular flexibility index (Phi) is 5.77.